The van der Waals surface area contributed by atoms with E-state index in [9.17, 15) is 9.90 Å². The third-order valence-corrected chi connectivity index (χ3v) is 4.19. The van der Waals surface area contributed by atoms with Crippen LogP contribution in [-0.2, 0) is 4.79 Å². The Morgan fingerprint density at radius 2 is 2.00 bits per heavy atom. The van der Waals surface area contributed by atoms with Crippen molar-refractivity contribution >= 4 is 34.1 Å². The second-order valence-corrected chi connectivity index (χ2v) is 6.12. The first-order valence-electron chi connectivity index (χ1n) is 7.65. The summed E-state index contributed by atoms with van der Waals surface area (Å²) >= 11 is 6.25. The quantitative estimate of drug-likeness (QED) is 0.723. The van der Waals surface area contributed by atoms with Gasteiger partial charge in [-0.3, -0.25) is 4.79 Å². The second kappa shape index (κ2) is 6.61. The molecule has 1 aromatic heterocycles. The maximum Gasteiger partial charge on any atom is 0.221 e. The van der Waals surface area contributed by atoms with Gasteiger partial charge in [-0.1, -0.05) is 11.6 Å². The molecule has 0 aliphatic rings. The molecular weight excluding hydrogens is 340 g/mol. The number of anilines is 1. The first-order chi connectivity index (χ1) is 11.9. The van der Waals surface area contributed by atoms with Gasteiger partial charge in [0.2, 0.25) is 5.91 Å². The van der Waals surface area contributed by atoms with E-state index in [1.54, 1.807) is 31.4 Å². The van der Waals surface area contributed by atoms with Crippen molar-refractivity contribution in [1.82, 2.24) is 4.98 Å². The fourth-order valence-electron chi connectivity index (χ4n) is 2.82. The number of aromatic nitrogens is 1. The van der Waals surface area contributed by atoms with Crippen LogP contribution in [0.4, 0.5) is 5.69 Å². The number of hydrogen-bond donors (Lipinski definition) is 2. The number of carbonyl (C=O) groups excluding carboxylic acids is 1. The molecule has 1 amide bonds. The normalized spacial score (nSPS) is 10.7. The molecule has 25 heavy (non-hydrogen) atoms. The van der Waals surface area contributed by atoms with Crippen LogP contribution < -0.4 is 10.1 Å². The van der Waals surface area contributed by atoms with Crippen molar-refractivity contribution in [1.29, 1.82) is 0 Å². The summed E-state index contributed by atoms with van der Waals surface area (Å²) in [6, 6.07) is 10.2. The van der Waals surface area contributed by atoms with Crippen LogP contribution in [0.15, 0.2) is 36.4 Å². The lowest BCUT2D eigenvalue weighted by atomic mass is 10.0. The summed E-state index contributed by atoms with van der Waals surface area (Å²) in [6.07, 6.45) is 0. The van der Waals surface area contributed by atoms with Gasteiger partial charge < -0.3 is 15.2 Å². The van der Waals surface area contributed by atoms with Gasteiger partial charge in [0.05, 0.1) is 23.5 Å². The van der Waals surface area contributed by atoms with E-state index in [4.69, 9.17) is 21.3 Å². The third-order valence-electron chi connectivity index (χ3n) is 3.88. The van der Waals surface area contributed by atoms with Crippen LogP contribution in [0.5, 0.6) is 11.5 Å². The van der Waals surface area contributed by atoms with Gasteiger partial charge in [0.25, 0.3) is 0 Å². The van der Waals surface area contributed by atoms with Crippen LogP contribution in [0.1, 0.15) is 12.5 Å². The Balaban J connectivity index is 2.29. The Labute approximate surface area is 150 Å². The number of phenols is 1. The topological polar surface area (TPSA) is 71.5 Å². The number of nitrogens with one attached hydrogen (secondary N) is 1. The molecule has 0 spiro atoms. The van der Waals surface area contributed by atoms with Crippen molar-refractivity contribution in [2.24, 2.45) is 0 Å². The van der Waals surface area contributed by atoms with Gasteiger partial charge in [-0.25, -0.2) is 4.98 Å². The Kier molecular flexibility index (Phi) is 4.51. The minimum atomic E-state index is -0.156. The lowest BCUT2D eigenvalue weighted by molar-refractivity contribution is -0.114. The molecule has 128 valence electrons. The molecule has 6 heteroatoms. The number of phenolic OH excluding ortho intramolecular Hbond substituents is 1. The number of fused-ring (bicyclic) bond motifs is 1. The van der Waals surface area contributed by atoms with Gasteiger partial charge in [0, 0.05) is 17.9 Å². The summed E-state index contributed by atoms with van der Waals surface area (Å²) < 4.78 is 5.43. The number of aromatic hydroxyl groups is 1. The molecule has 2 aromatic carbocycles. The SMILES string of the molecule is COc1ccc(NC(C)=O)c2c(C)cc(-c3ccc(O)cc3Cl)nc12. The second-order valence-electron chi connectivity index (χ2n) is 5.71. The Hall–Kier alpha value is -2.79. The number of carbonyl (C=O) groups is 1. The maximum absolute atomic E-state index is 11.5. The number of nitrogens with zero attached hydrogens (tertiary/aromatic N) is 1. The van der Waals surface area contributed by atoms with Crippen LogP contribution in [0.3, 0.4) is 0 Å². The van der Waals surface area contributed by atoms with E-state index in [1.807, 2.05) is 13.0 Å². The number of ether oxygens (including phenoxy) is 1. The summed E-state index contributed by atoms with van der Waals surface area (Å²) in [5.74, 6) is 0.539. The minimum absolute atomic E-state index is 0.0942. The largest absolute Gasteiger partial charge is 0.508 e. The summed E-state index contributed by atoms with van der Waals surface area (Å²) in [7, 11) is 1.57. The van der Waals surface area contributed by atoms with Gasteiger partial charge in [0.15, 0.2) is 0 Å². The van der Waals surface area contributed by atoms with Crippen LogP contribution in [0.2, 0.25) is 5.02 Å². The lowest BCUT2D eigenvalue weighted by Crippen LogP contribution is -2.07. The Morgan fingerprint density at radius 3 is 2.64 bits per heavy atom. The fraction of sp³-hybridized carbons (Fsp3) is 0.158. The molecular formula is C19H17ClN2O3. The molecule has 0 radical (unpaired) electrons. The van der Waals surface area contributed by atoms with Gasteiger partial charge in [-0.2, -0.15) is 0 Å². The van der Waals surface area contributed by atoms with E-state index < -0.39 is 0 Å². The maximum atomic E-state index is 11.5. The number of benzene rings is 2. The summed E-state index contributed by atoms with van der Waals surface area (Å²) in [4.78, 5) is 16.2. The fourth-order valence-corrected chi connectivity index (χ4v) is 3.09. The molecule has 0 unspecified atom stereocenters. The predicted octanol–water partition coefficient (Wildman–Crippen LogP) is 4.54. The summed E-state index contributed by atoms with van der Waals surface area (Å²) in [5, 5.41) is 13.6. The molecule has 0 atom stereocenters. The zero-order valence-electron chi connectivity index (χ0n) is 14.1. The van der Waals surface area contributed by atoms with Gasteiger partial charge in [-0.05, 0) is 48.9 Å². The van der Waals surface area contributed by atoms with Crippen LogP contribution in [0, 0.1) is 6.92 Å². The molecule has 0 bridgehead atoms. The standard InChI is InChI=1S/C19H17ClN2O3/c1-10-8-16(13-5-4-12(24)9-14(13)20)22-19-17(25-3)7-6-15(18(10)19)21-11(2)23/h4-9,24H,1-3H3,(H,21,23). The Bertz CT molecular complexity index is 986. The third kappa shape index (κ3) is 3.23. The summed E-state index contributed by atoms with van der Waals surface area (Å²) in [6.45, 7) is 3.40. The zero-order chi connectivity index (χ0) is 18.1. The number of aryl methyl sites for hydroxylation is 1. The molecule has 3 rings (SSSR count). The number of amides is 1. The van der Waals surface area contributed by atoms with Gasteiger partial charge >= 0.3 is 0 Å². The molecule has 0 saturated heterocycles. The summed E-state index contributed by atoms with van der Waals surface area (Å²) in [5.41, 5.74) is 3.60. The smallest absolute Gasteiger partial charge is 0.221 e. The highest BCUT2D eigenvalue weighted by Gasteiger charge is 2.15. The number of halogens is 1. The number of rotatable bonds is 3. The van der Waals surface area contributed by atoms with Gasteiger partial charge in [0.1, 0.15) is 17.0 Å². The van der Waals surface area contributed by atoms with Crippen LogP contribution >= 0.6 is 11.6 Å². The first kappa shape index (κ1) is 17.0. The molecule has 0 fully saturated rings. The molecule has 0 saturated carbocycles. The Morgan fingerprint density at radius 1 is 1.24 bits per heavy atom. The van der Waals surface area contributed by atoms with E-state index in [1.165, 1.54) is 13.0 Å². The number of hydrogen-bond acceptors (Lipinski definition) is 4. The average Bonchev–Trinajstić information content (AvgIpc) is 2.54. The van der Waals surface area contributed by atoms with E-state index >= 15 is 0 Å². The van der Waals surface area contributed by atoms with Gasteiger partial charge in [-0.15, -0.1) is 0 Å². The van der Waals surface area contributed by atoms with E-state index in [0.717, 1.165) is 10.9 Å². The highest BCUT2D eigenvalue weighted by atomic mass is 35.5. The zero-order valence-corrected chi connectivity index (χ0v) is 14.8. The monoisotopic (exact) mass is 356 g/mol. The lowest BCUT2D eigenvalue weighted by Gasteiger charge is -2.14. The van der Waals surface area contributed by atoms with E-state index in [-0.39, 0.29) is 11.7 Å². The first-order valence-corrected chi connectivity index (χ1v) is 8.03. The predicted molar refractivity (Wildman–Crippen MR) is 99.4 cm³/mol. The van der Waals surface area contributed by atoms with Crippen molar-refractivity contribution in [2.75, 3.05) is 12.4 Å². The molecule has 0 aliphatic heterocycles. The highest BCUT2D eigenvalue weighted by Crippen LogP contribution is 2.37. The van der Waals surface area contributed by atoms with E-state index in [0.29, 0.717) is 33.2 Å². The van der Waals surface area contributed by atoms with E-state index in [2.05, 4.69) is 5.32 Å². The molecule has 5 nitrogen and oxygen atoms in total. The number of pyridine rings is 1. The van der Waals surface area contributed by atoms with Crippen molar-refractivity contribution in [3.8, 4) is 22.8 Å². The highest BCUT2D eigenvalue weighted by molar-refractivity contribution is 6.33. The average molecular weight is 357 g/mol. The van der Waals surface area contributed by atoms with Crippen molar-refractivity contribution in [2.45, 2.75) is 13.8 Å². The van der Waals surface area contributed by atoms with Crippen molar-refractivity contribution in [3.05, 3.63) is 47.0 Å². The van der Waals surface area contributed by atoms with Crippen molar-refractivity contribution in [3.63, 3.8) is 0 Å². The van der Waals surface area contributed by atoms with Crippen LogP contribution in [0.25, 0.3) is 22.2 Å². The minimum Gasteiger partial charge on any atom is -0.508 e. The van der Waals surface area contributed by atoms with Crippen LogP contribution in [-0.4, -0.2) is 23.1 Å². The molecule has 1 heterocycles. The molecule has 0 aliphatic carbocycles. The van der Waals surface area contributed by atoms with Crippen molar-refractivity contribution < 1.29 is 14.6 Å². The molecule has 2 N–H and O–H groups in total. The molecule has 3 aromatic rings. The number of methoxy groups -OCH3 is 1.